The molecule has 0 radical (unpaired) electrons. The van der Waals surface area contributed by atoms with Crippen molar-refractivity contribution >= 4 is 16.8 Å². The van der Waals surface area contributed by atoms with Crippen LogP contribution in [0.3, 0.4) is 0 Å². The third-order valence-electron chi connectivity index (χ3n) is 2.44. The molecule has 0 atom stereocenters. The molecular weight excluding hydrogens is 255 g/mol. The van der Waals surface area contributed by atoms with E-state index < -0.39 is 5.24 Å². The highest BCUT2D eigenvalue weighted by Gasteiger charge is 2.10. The summed E-state index contributed by atoms with van der Waals surface area (Å²) in [5.41, 5.74) is 0.699. The smallest absolute Gasteiger partial charge is 0.256 e. The number of halogens is 2. The summed E-state index contributed by atoms with van der Waals surface area (Å²) < 4.78 is 18.8. The molecule has 0 amide bonds. The monoisotopic (exact) mass is 264 g/mol. The molecule has 2 rings (SSSR count). The molecule has 0 aromatic heterocycles. The Morgan fingerprint density at radius 2 is 1.78 bits per heavy atom. The molecule has 0 bridgehead atoms. The van der Waals surface area contributed by atoms with Gasteiger partial charge in [-0.15, -0.1) is 0 Å². The molecule has 2 aromatic carbocycles. The van der Waals surface area contributed by atoms with Crippen molar-refractivity contribution in [2.45, 2.75) is 6.61 Å². The highest BCUT2D eigenvalue weighted by atomic mass is 35.5. The quantitative estimate of drug-likeness (QED) is 0.786. The summed E-state index contributed by atoms with van der Waals surface area (Å²) in [6.45, 7) is 0.0495. The van der Waals surface area contributed by atoms with Crippen LogP contribution < -0.4 is 4.74 Å². The van der Waals surface area contributed by atoms with Crippen LogP contribution in [0.25, 0.3) is 0 Å². The molecule has 0 unspecified atom stereocenters. The summed E-state index contributed by atoms with van der Waals surface area (Å²) in [6, 6.07) is 12.9. The normalized spacial score (nSPS) is 10.1. The fourth-order valence-electron chi connectivity index (χ4n) is 1.53. The van der Waals surface area contributed by atoms with Crippen molar-refractivity contribution in [2.75, 3.05) is 0 Å². The highest BCUT2D eigenvalue weighted by molar-refractivity contribution is 6.68. The number of benzene rings is 2. The summed E-state index contributed by atoms with van der Waals surface area (Å²) in [4.78, 5) is 11.2. The van der Waals surface area contributed by atoms with Gasteiger partial charge in [0.1, 0.15) is 18.2 Å². The van der Waals surface area contributed by atoms with Crippen LogP contribution in [0.5, 0.6) is 5.75 Å². The van der Waals surface area contributed by atoms with Gasteiger partial charge in [-0.25, -0.2) is 4.39 Å². The lowest BCUT2D eigenvalue weighted by atomic mass is 10.2. The summed E-state index contributed by atoms with van der Waals surface area (Å²) >= 11 is 5.43. The van der Waals surface area contributed by atoms with Crippen molar-refractivity contribution in [2.24, 2.45) is 0 Å². The average Bonchev–Trinajstić information content (AvgIpc) is 2.38. The summed E-state index contributed by atoms with van der Waals surface area (Å²) in [6.07, 6.45) is 0. The molecule has 0 spiro atoms. The van der Waals surface area contributed by atoms with E-state index in [0.717, 1.165) is 0 Å². The second kappa shape index (κ2) is 5.65. The Kier molecular flexibility index (Phi) is 3.95. The molecule has 2 nitrogen and oxygen atoms in total. The first-order valence-corrected chi connectivity index (χ1v) is 5.71. The molecular formula is C14H10ClFO2. The van der Waals surface area contributed by atoms with Crippen molar-refractivity contribution in [3.63, 3.8) is 0 Å². The van der Waals surface area contributed by atoms with E-state index >= 15 is 0 Å². The van der Waals surface area contributed by atoms with E-state index in [4.69, 9.17) is 16.3 Å². The Labute approximate surface area is 109 Å². The summed E-state index contributed by atoms with van der Waals surface area (Å²) in [5, 5.41) is -0.598. The van der Waals surface area contributed by atoms with Crippen molar-refractivity contribution in [3.05, 3.63) is 65.5 Å². The van der Waals surface area contributed by atoms with Crippen LogP contribution in [0.4, 0.5) is 4.39 Å². The van der Waals surface area contributed by atoms with E-state index in [-0.39, 0.29) is 18.0 Å². The van der Waals surface area contributed by atoms with Crippen molar-refractivity contribution < 1.29 is 13.9 Å². The fraction of sp³-hybridized carbons (Fsp3) is 0.0714. The topological polar surface area (TPSA) is 26.3 Å². The van der Waals surface area contributed by atoms with E-state index in [2.05, 4.69) is 0 Å². The minimum atomic E-state index is -0.598. The predicted octanol–water partition coefficient (Wildman–Crippen LogP) is 3.78. The van der Waals surface area contributed by atoms with Gasteiger partial charge in [-0.3, -0.25) is 4.79 Å². The Morgan fingerprint density at radius 3 is 2.50 bits per heavy atom. The number of rotatable bonds is 4. The molecule has 0 saturated heterocycles. The summed E-state index contributed by atoms with van der Waals surface area (Å²) in [7, 11) is 0. The van der Waals surface area contributed by atoms with Crippen LogP contribution in [0.1, 0.15) is 15.9 Å². The lowest BCUT2D eigenvalue weighted by molar-refractivity contribution is 0.107. The molecule has 0 N–H and O–H groups in total. The largest absolute Gasteiger partial charge is 0.488 e. The molecule has 0 aliphatic rings. The van der Waals surface area contributed by atoms with Gasteiger partial charge in [0.25, 0.3) is 5.24 Å². The Hall–Kier alpha value is -1.87. The standard InChI is InChI=1S/C14H10ClFO2/c15-14(17)11-6-2-4-8-13(11)18-9-10-5-1-3-7-12(10)16/h1-8H,9H2. The lowest BCUT2D eigenvalue weighted by Crippen LogP contribution is -2.01. The van der Waals surface area contributed by atoms with Crippen LogP contribution >= 0.6 is 11.6 Å². The molecule has 0 aliphatic carbocycles. The molecule has 0 fully saturated rings. The van der Waals surface area contributed by atoms with Gasteiger partial charge >= 0.3 is 0 Å². The number of hydrogen-bond donors (Lipinski definition) is 0. The first-order chi connectivity index (χ1) is 8.68. The zero-order valence-electron chi connectivity index (χ0n) is 9.40. The van der Waals surface area contributed by atoms with Crippen LogP contribution in [0.15, 0.2) is 48.5 Å². The van der Waals surface area contributed by atoms with Gasteiger partial charge in [0.15, 0.2) is 0 Å². The SMILES string of the molecule is O=C(Cl)c1ccccc1OCc1ccccc1F. The van der Waals surface area contributed by atoms with Crippen LogP contribution in [0.2, 0.25) is 0 Å². The summed E-state index contributed by atoms with van der Waals surface area (Å²) in [5.74, 6) is 0.00735. The molecule has 18 heavy (non-hydrogen) atoms. The zero-order chi connectivity index (χ0) is 13.0. The fourth-order valence-corrected chi connectivity index (χ4v) is 1.68. The maximum absolute atomic E-state index is 13.4. The number of hydrogen-bond acceptors (Lipinski definition) is 2. The molecule has 2 aromatic rings. The molecule has 0 heterocycles. The second-order valence-electron chi connectivity index (χ2n) is 3.65. The van der Waals surface area contributed by atoms with Gasteiger partial charge in [-0.2, -0.15) is 0 Å². The minimum Gasteiger partial charge on any atom is -0.488 e. The number of para-hydroxylation sites is 1. The lowest BCUT2D eigenvalue weighted by Gasteiger charge is -2.09. The van der Waals surface area contributed by atoms with Gasteiger partial charge in [0.2, 0.25) is 0 Å². The van der Waals surface area contributed by atoms with E-state index in [0.29, 0.717) is 11.3 Å². The molecule has 4 heteroatoms. The third-order valence-corrected chi connectivity index (χ3v) is 2.64. The third kappa shape index (κ3) is 2.87. The highest BCUT2D eigenvalue weighted by Crippen LogP contribution is 2.21. The predicted molar refractivity (Wildman–Crippen MR) is 67.4 cm³/mol. The van der Waals surface area contributed by atoms with E-state index in [1.54, 1.807) is 42.5 Å². The molecule has 92 valence electrons. The zero-order valence-corrected chi connectivity index (χ0v) is 10.2. The van der Waals surface area contributed by atoms with Gasteiger partial charge in [0, 0.05) is 5.56 Å². The van der Waals surface area contributed by atoms with E-state index in [9.17, 15) is 9.18 Å². The van der Waals surface area contributed by atoms with E-state index in [1.165, 1.54) is 6.07 Å². The minimum absolute atomic E-state index is 0.0495. The molecule has 0 saturated carbocycles. The van der Waals surface area contributed by atoms with Crippen molar-refractivity contribution in [1.82, 2.24) is 0 Å². The number of carbonyl (C=O) groups is 1. The van der Waals surface area contributed by atoms with Gasteiger partial charge in [-0.1, -0.05) is 30.3 Å². The first-order valence-electron chi connectivity index (χ1n) is 5.33. The van der Waals surface area contributed by atoms with Crippen molar-refractivity contribution in [1.29, 1.82) is 0 Å². The maximum Gasteiger partial charge on any atom is 0.256 e. The Bertz CT molecular complexity index is 569. The number of carbonyl (C=O) groups excluding carboxylic acids is 1. The Balaban J connectivity index is 2.16. The Morgan fingerprint density at radius 1 is 1.11 bits per heavy atom. The number of ether oxygens (including phenoxy) is 1. The van der Waals surface area contributed by atoms with E-state index in [1.807, 2.05) is 0 Å². The average molecular weight is 265 g/mol. The second-order valence-corrected chi connectivity index (χ2v) is 3.99. The van der Waals surface area contributed by atoms with Gasteiger partial charge in [0.05, 0.1) is 5.56 Å². The first kappa shape index (κ1) is 12.6. The maximum atomic E-state index is 13.4. The van der Waals surface area contributed by atoms with Crippen LogP contribution in [-0.4, -0.2) is 5.24 Å². The molecule has 0 aliphatic heterocycles. The van der Waals surface area contributed by atoms with Gasteiger partial charge in [-0.05, 0) is 29.8 Å². The van der Waals surface area contributed by atoms with Gasteiger partial charge < -0.3 is 4.74 Å². The van der Waals surface area contributed by atoms with Crippen LogP contribution in [-0.2, 0) is 6.61 Å². The van der Waals surface area contributed by atoms with Crippen molar-refractivity contribution in [3.8, 4) is 5.75 Å². The van der Waals surface area contributed by atoms with Crippen LogP contribution in [0, 0.1) is 5.82 Å².